The van der Waals surface area contributed by atoms with Crippen LogP contribution >= 0.6 is 0 Å². The first-order valence-electron chi connectivity index (χ1n) is 12.2. The van der Waals surface area contributed by atoms with Gasteiger partial charge in [0.25, 0.3) is 12.0 Å². The molecule has 1 aliphatic rings. The molecule has 12 heteroatoms. The molecule has 1 amide bonds. The van der Waals surface area contributed by atoms with Gasteiger partial charge in [-0.05, 0) is 83.4 Å². The Kier molecular flexibility index (Phi) is 8.79. The van der Waals surface area contributed by atoms with Gasteiger partial charge in [0.05, 0.1) is 22.6 Å². The minimum atomic E-state index is -3.82. The first-order valence-corrected chi connectivity index (χ1v) is 13.7. The molecule has 1 fully saturated rings. The largest absolute Gasteiger partial charge is 0.394 e. The molecule has 1 aromatic heterocycles. The molecule has 1 aromatic carbocycles. The van der Waals surface area contributed by atoms with E-state index >= 15 is 0 Å². The Balaban J connectivity index is 1.92. The van der Waals surface area contributed by atoms with Gasteiger partial charge in [0, 0.05) is 24.3 Å². The Bertz CT molecular complexity index is 1310. The monoisotopic (exact) mass is 551 g/mol. The number of halogens is 2. The van der Waals surface area contributed by atoms with Gasteiger partial charge in [0.2, 0.25) is 10.0 Å². The highest BCUT2D eigenvalue weighted by Crippen LogP contribution is 2.29. The van der Waals surface area contributed by atoms with E-state index in [0.29, 0.717) is 11.6 Å². The highest BCUT2D eigenvalue weighted by Gasteiger charge is 2.26. The SMILES string of the molecule is CC(C)(C)NS(=O)(=O)c1cccc(NC(=O)c2ccc(NC(C)(C)CO)nc2N2CCC(=C(F)F)CC2)c1. The summed E-state index contributed by atoms with van der Waals surface area (Å²) >= 11 is 0. The summed E-state index contributed by atoms with van der Waals surface area (Å²) in [5.41, 5.74) is -0.815. The number of benzene rings is 1. The van der Waals surface area contributed by atoms with Crippen molar-refractivity contribution in [2.24, 2.45) is 0 Å². The fourth-order valence-electron chi connectivity index (χ4n) is 3.90. The summed E-state index contributed by atoms with van der Waals surface area (Å²) in [6.45, 7) is 9.09. The van der Waals surface area contributed by atoms with Crippen LogP contribution in [0.25, 0.3) is 0 Å². The number of aromatic nitrogens is 1. The molecule has 0 aliphatic carbocycles. The van der Waals surface area contributed by atoms with E-state index in [1.54, 1.807) is 57.7 Å². The zero-order valence-electron chi connectivity index (χ0n) is 22.2. The number of nitrogens with one attached hydrogen (secondary N) is 3. The fourth-order valence-corrected chi connectivity index (χ4v) is 5.37. The number of pyridine rings is 1. The first kappa shape index (κ1) is 29.5. The minimum absolute atomic E-state index is 0.00190. The molecule has 1 aliphatic heterocycles. The van der Waals surface area contributed by atoms with Crippen molar-refractivity contribution in [2.75, 3.05) is 35.2 Å². The zero-order chi connectivity index (χ0) is 28.3. The molecule has 0 unspecified atom stereocenters. The van der Waals surface area contributed by atoms with Gasteiger partial charge in [0.15, 0.2) is 0 Å². The van der Waals surface area contributed by atoms with Gasteiger partial charge in [-0.1, -0.05) is 6.07 Å². The summed E-state index contributed by atoms with van der Waals surface area (Å²) in [5, 5.41) is 15.5. The molecule has 2 heterocycles. The van der Waals surface area contributed by atoms with Crippen LogP contribution in [0, 0.1) is 0 Å². The summed E-state index contributed by atoms with van der Waals surface area (Å²) in [7, 11) is -3.82. The van der Waals surface area contributed by atoms with E-state index < -0.39 is 33.1 Å². The molecule has 0 radical (unpaired) electrons. The van der Waals surface area contributed by atoms with E-state index in [0.717, 1.165) is 0 Å². The summed E-state index contributed by atoms with van der Waals surface area (Å²) in [4.78, 5) is 19.7. The maximum Gasteiger partial charge on any atom is 0.269 e. The molecule has 9 nitrogen and oxygen atoms in total. The van der Waals surface area contributed by atoms with Crippen LogP contribution in [0.1, 0.15) is 57.8 Å². The van der Waals surface area contributed by atoms with Gasteiger partial charge in [0.1, 0.15) is 11.6 Å². The Hall–Kier alpha value is -3.09. The van der Waals surface area contributed by atoms with Crippen molar-refractivity contribution < 1.29 is 27.1 Å². The highest BCUT2D eigenvalue weighted by molar-refractivity contribution is 7.89. The van der Waals surface area contributed by atoms with Crippen LogP contribution < -0.4 is 20.3 Å². The van der Waals surface area contributed by atoms with E-state index in [1.165, 1.54) is 18.2 Å². The normalized spacial score (nSPS) is 14.8. The molecule has 2 aromatic rings. The van der Waals surface area contributed by atoms with Gasteiger partial charge in [-0.15, -0.1) is 0 Å². The summed E-state index contributed by atoms with van der Waals surface area (Å²) in [6.07, 6.45) is -1.39. The lowest BCUT2D eigenvalue weighted by atomic mass is 10.0. The van der Waals surface area contributed by atoms with Crippen LogP contribution in [-0.2, 0) is 10.0 Å². The van der Waals surface area contributed by atoms with E-state index in [-0.39, 0.29) is 54.3 Å². The Labute approximate surface area is 222 Å². The molecule has 38 heavy (non-hydrogen) atoms. The van der Waals surface area contributed by atoms with Crippen LogP contribution in [0.3, 0.4) is 0 Å². The van der Waals surface area contributed by atoms with Crippen molar-refractivity contribution in [1.82, 2.24) is 9.71 Å². The Morgan fingerprint density at radius 3 is 2.32 bits per heavy atom. The maximum absolute atomic E-state index is 13.4. The number of hydrogen-bond acceptors (Lipinski definition) is 7. The maximum atomic E-state index is 13.4. The third-order valence-electron chi connectivity index (χ3n) is 5.76. The number of amides is 1. The van der Waals surface area contributed by atoms with Gasteiger partial charge in [-0.2, -0.15) is 8.78 Å². The number of sulfonamides is 1. The minimum Gasteiger partial charge on any atom is -0.394 e. The lowest BCUT2D eigenvalue weighted by Crippen LogP contribution is -2.40. The van der Waals surface area contributed by atoms with E-state index in [1.807, 2.05) is 0 Å². The average molecular weight is 552 g/mol. The van der Waals surface area contributed by atoms with Crippen LogP contribution in [0.4, 0.5) is 26.1 Å². The third-order valence-corrected chi connectivity index (χ3v) is 7.51. The molecule has 0 spiro atoms. The number of carbonyl (C=O) groups excluding carboxylic acids is 1. The standard InChI is InChI=1S/C26H35F2N5O4S/c1-25(2,3)32-38(36,37)19-8-6-7-18(15-19)29-24(35)20-9-10-21(31-26(4,5)16-34)30-23(20)33-13-11-17(12-14-33)22(27)28/h6-10,15,32,34H,11-14,16H2,1-5H3,(H,29,35)(H,30,31). The average Bonchev–Trinajstić information content (AvgIpc) is 2.82. The number of aliphatic hydroxyl groups excluding tert-OH is 1. The molecule has 4 N–H and O–H groups in total. The van der Waals surface area contributed by atoms with E-state index in [4.69, 9.17) is 0 Å². The number of carbonyl (C=O) groups is 1. The molecule has 208 valence electrons. The van der Waals surface area contributed by atoms with E-state index in [9.17, 15) is 27.1 Å². The number of hydrogen-bond donors (Lipinski definition) is 4. The first-order chi connectivity index (χ1) is 17.6. The number of nitrogens with zero attached hydrogens (tertiary/aromatic N) is 2. The fraction of sp³-hybridized carbons (Fsp3) is 0.462. The van der Waals surface area contributed by atoms with Crippen LogP contribution in [0.2, 0.25) is 0 Å². The molecule has 0 bridgehead atoms. The smallest absolute Gasteiger partial charge is 0.269 e. The topological polar surface area (TPSA) is 124 Å². The highest BCUT2D eigenvalue weighted by atomic mass is 32.2. The summed E-state index contributed by atoms with van der Waals surface area (Å²) < 4.78 is 54.3. The van der Waals surface area contributed by atoms with Crippen molar-refractivity contribution in [2.45, 2.75) is 63.4 Å². The second-order valence-corrected chi connectivity index (χ2v) is 12.6. The van der Waals surface area contributed by atoms with Gasteiger partial charge in [-0.25, -0.2) is 18.1 Å². The second kappa shape index (κ2) is 11.3. The van der Waals surface area contributed by atoms with Crippen molar-refractivity contribution in [3.63, 3.8) is 0 Å². The molecule has 0 atom stereocenters. The van der Waals surface area contributed by atoms with E-state index in [2.05, 4.69) is 20.3 Å². The number of anilines is 3. The third kappa shape index (κ3) is 7.71. The van der Waals surface area contributed by atoms with Gasteiger partial charge >= 0.3 is 0 Å². The van der Waals surface area contributed by atoms with Crippen LogP contribution in [0.15, 0.2) is 52.9 Å². The summed E-state index contributed by atoms with van der Waals surface area (Å²) in [6, 6.07) is 9.06. The van der Waals surface area contributed by atoms with Crippen molar-refractivity contribution in [3.8, 4) is 0 Å². The predicted molar refractivity (Wildman–Crippen MR) is 144 cm³/mol. The van der Waals surface area contributed by atoms with Crippen molar-refractivity contribution in [3.05, 3.63) is 53.6 Å². The summed E-state index contributed by atoms with van der Waals surface area (Å²) in [5.74, 6) is 0.185. The lowest BCUT2D eigenvalue weighted by Gasteiger charge is -2.31. The lowest BCUT2D eigenvalue weighted by molar-refractivity contribution is 0.102. The number of aliphatic hydroxyl groups is 1. The molecular formula is C26H35F2N5O4S. The van der Waals surface area contributed by atoms with Crippen molar-refractivity contribution in [1.29, 1.82) is 0 Å². The van der Waals surface area contributed by atoms with Gasteiger partial charge in [-0.3, -0.25) is 4.79 Å². The molecular weight excluding hydrogens is 516 g/mol. The van der Waals surface area contributed by atoms with Crippen molar-refractivity contribution >= 4 is 33.3 Å². The Morgan fingerprint density at radius 1 is 1.08 bits per heavy atom. The molecule has 1 saturated heterocycles. The molecule has 3 rings (SSSR count). The van der Waals surface area contributed by atoms with Crippen LogP contribution in [-0.4, -0.2) is 55.2 Å². The van der Waals surface area contributed by atoms with Crippen LogP contribution in [0.5, 0.6) is 0 Å². The molecule has 0 saturated carbocycles. The quantitative estimate of drug-likeness (QED) is 0.385. The predicted octanol–water partition coefficient (Wildman–Crippen LogP) is 4.34. The second-order valence-electron chi connectivity index (χ2n) is 10.9. The zero-order valence-corrected chi connectivity index (χ0v) is 23.0. The number of piperidine rings is 1. The number of rotatable bonds is 8. The van der Waals surface area contributed by atoms with Gasteiger partial charge < -0.3 is 20.6 Å². The Morgan fingerprint density at radius 2 is 1.74 bits per heavy atom.